The van der Waals surface area contributed by atoms with Crippen molar-refractivity contribution in [2.24, 2.45) is 11.8 Å². The minimum atomic E-state index is -0.956. The molecule has 2 unspecified atom stereocenters. The van der Waals surface area contributed by atoms with Crippen molar-refractivity contribution in [2.75, 3.05) is 16.4 Å². The molecule has 1 aliphatic rings. The highest BCUT2D eigenvalue weighted by Crippen LogP contribution is 2.28. The second-order valence-electron chi connectivity index (χ2n) is 6.85. The van der Waals surface area contributed by atoms with Crippen LogP contribution in [0.3, 0.4) is 0 Å². The van der Waals surface area contributed by atoms with E-state index in [0.717, 1.165) is 4.90 Å². The first kappa shape index (κ1) is 21.9. The Morgan fingerprint density at radius 1 is 0.967 bits per heavy atom. The smallest absolute Gasteiger partial charge is 0.307 e. The number of hydrogen-bond donors (Lipinski definition) is 3. The molecule has 0 aliphatic heterocycles. The summed E-state index contributed by atoms with van der Waals surface area (Å²) in [5.74, 6) is -2.47. The summed E-state index contributed by atoms with van der Waals surface area (Å²) in [4.78, 5) is 36.8. The molecule has 0 radical (unpaired) electrons. The van der Waals surface area contributed by atoms with Gasteiger partial charge in [-0.25, -0.2) is 0 Å². The molecule has 30 heavy (non-hydrogen) atoms. The molecule has 156 valence electrons. The Morgan fingerprint density at radius 3 is 2.33 bits per heavy atom. The van der Waals surface area contributed by atoms with Crippen LogP contribution < -0.4 is 10.6 Å². The average molecular weight is 445 g/mol. The highest BCUT2D eigenvalue weighted by atomic mass is 35.5. The number of aliphatic carboxylic acids is 1. The van der Waals surface area contributed by atoms with Crippen molar-refractivity contribution in [3.63, 3.8) is 0 Å². The van der Waals surface area contributed by atoms with Gasteiger partial charge in [0.05, 0.1) is 17.6 Å². The Morgan fingerprint density at radius 2 is 1.67 bits per heavy atom. The number of rotatable bonds is 7. The van der Waals surface area contributed by atoms with Crippen LogP contribution in [0.4, 0.5) is 11.4 Å². The SMILES string of the molecule is O=C(CSc1ccc(NC(=O)C2CC=CCC2C(=O)O)cc1)Nc1cccc(Cl)c1. The predicted octanol–water partition coefficient (Wildman–Crippen LogP) is 4.68. The molecule has 2 aromatic carbocycles. The van der Waals surface area contributed by atoms with Gasteiger partial charge < -0.3 is 15.7 Å². The summed E-state index contributed by atoms with van der Waals surface area (Å²) in [7, 11) is 0. The van der Waals surface area contributed by atoms with Gasteiger partial charge in [-0.15, -0.1) is 11.8 Å². The van der Waals surface area contributed by atoms with Gasteiger partial charge >= 0.3 is 5.97 Å². The summed E-state index contributed by atoms with van der Waals surface area (Å²) in [6.07, 6.45) is 4.42. The lowest BCUT2D eigenvalue weighted by Gasteiger charge is -2.24. The number of carboxylic acid groups (broad SMARTS) is 1. The fourth-order valence-corrected chi connectivity index (χ4v) is 4.05. The van der Waals surface area contributed by atoms with Gasteiger partial charge in [0.15, 0.2) is 0 Å². The van der Waals surface area contributed by atoms with Crippen molar-refractivity contribution >= 4 is 52.5 Å². The number of carbonyl (C=O) groups excluding carboxylic acids is 2. The number of hydrogen-bond acceptors (Lipinski definition) is 4. The standard InChI is InChI=1S/C22H21ClN2O4S/c23-14-4-3-5-16(12-14)24-20(26)13-30-17-10-8-15(9-11-17)25-21(27)18-6-1-2-7-19(18)22(28)29/h1-5,8-12,18-19H,6-7,13H2,(H,24,26)(H,25,27)(H,28,29). The Balaban J connectivity index is 1.51. The zero-order chi connectivity index (χ0) is 21.5. The number of halogens is 1. The van der Waals surface area contributed by atoms with E-state index in [1.807, 2.05) is 18.2 Å². The van der Waals surface area contributed by atoms with Crippen LogP contribution in [0.5, 0.6) is 0 Å². The summed E-state index contributed by atoms with van der Waals surface area (Å²) in [5.41, 5.74) is 1.23. The predicted molar refractivity (Wildman–Crippen MR) is 119 cm³/mol. The fraction of sp³-hybridized carbons (Fsp3) is 0.227. The largest absolute Gasteiger partial charge is 0.481 e. The van der Waals surface area contributed by atoms with E-state index in [-0.39, 0.29) is 17.6 Å². The van der Waals surface area contributed by atoms with Gasteiger partial charge in [0.25, 0.3) is 0 Å². The van der Waals surface area contributed by atoms with Crippen molar-refractivity contribution in [3.05, 3.63) is 65.7 Å². The molecule has 2 aromatic rings. The van der Waals surface area contributed by atoms with E-state index in [4.69, 9.17) is 11.6 Å². The third-order valence-corrected chi connectivity index (χ3v) is 5.93. The lowest BCUT2D eigenvalue weighted by Crippen LogP contribution is -2.34. The van der Waals surface area contributed by atoms with Crippen molar-refractivity contribution < 1.29 is 19.5 Å². The maximum atomic E-state index is 12.5. The van der Waals surface area contributed by atoms with E-state index < -0.39 is 17.8 Å². The maximum absolute atomic E-state index is 12.5. The number of amides is 2. The van der Waals surface area contributed by atoms with Crippen LogP contribution in [-0.4, -0.2) is 28.6 Å². The maximum Gasteiger partial charge on any atom is 0.307 e. The second kappa shape index (κ2) is 10.3. The van der Waals surface area contributed by atoms with Gasteiger partial charge in [-0.05, 0) is 55.3 Å². The van der Waals surface area contributed by atoms with Gasteiger partial charge in [0.2, 0.25) is 11.8 Å². The van der Waals surface area contributed by atoms with Crippen LogP contribution in [0.25, 0.3) is 0 Å². The molecule has 0 fully saturated rings. The number of thioether (sulfide) groups is 1. The topological polar surface area (TPSA) is 95.5 Å². The van der Waals surface area contributed by atoms with Gasteiger partial charge in [-0.1, -0.05) is 29.8 Å². The monoisotopic (exact) mass is 444 g/mol. The third kappa shape index (κ3) is 6.11. The molecule has 0 saturated heterocycles. The molecule has 0 heterocycles. The van der Waals surface area contributed by atoms with Crippen molar-refractivity contribution in [1.29, 1.82) is 0 Å². The van der Waals surface area contributed by atoms with Crippen molar-refractivity contribution in [2.45, 2.75) is 17.7 Å². The summed E-state index contributed by atoms with van der Waals surface area (Å²) in [6.45, 7) is 0. The number of benzene rings is 2. The first-order chi connectivity index (χ1) is 14.4. The van der Waals surface area contributed by atoms with Gasteiger partial charge in [0.1, 0.15) is 0 Å². The molecule has 2 amide bonds. The summed E-state index contributed by atoms with van der Waals surface area (Å²) >= 11 is 7.27. The van der Waals surface area contributed by atoms with Crippen molar-refractivity contribution in [3.8, 4) is 0 Å². The Kier molecular flexibility index (Phi) is 7.54. The minimum absolute atomic E-state index is 0.148. The number of allylic oxidation sites excluding steroid dienone is 2. The van der Waals surface area contributed by atoms with Crippen LogP contribution in [0.1, 0.15) is 12.8 Å². The Labute approximate surface area is 183 Å². The minimum Gasteiger partial charge on any atom is -0.481 e. The molecule has 0 saturated carbocycles. The van der Waals surface area contributed by atoms with E-state index in [0.29, 0.717) is 29.2 Å². The zero-order valence-corrected chi connectivity index (χ0v) is 17.6. The molecule has 2 atom stereocenters. The Hall–Kier alpha value is -2.77. The van der Waals surface area contributed by atoms with Crippen LogP contribution in [-0.2, 0) is 14.4 Å². The van der Waals surface area contributed by atoms with E-state index in [9.17, 15) is 19.5 Å². The quantitative estimate of drug-likeness (QED) is 0.426. The highest BCUT2D eigenvalue weighted by Gasteiger charge is 2.33. The zero-order valence-electron chi connectivity index (χ0n) is 16.0. The van der Waals surface area contributed by atoms with Crippen molar-refractivity contribution in [1.82, 2.24) is 0 Å². The third-order valence-electron chi connectivity index (χ3n) is 4.69. The fourth-order valence-electron chi connectivity index (χ4n) is 3.16. The number of carboxylic acids is 1. The van der Waals surface area contributed by atoms with Gasteiger partial charge in [-0.3, -0.25) is 14.4 Å². The van der Waals surface area contributed by atoms with E-state index in [1.54, 1.807) is 42.5 Å². The van der Waals surface area contributed by atoms with E-state index >= 15 is 0 Å². The molecular formula is C22H21ClN2O4S. The van der Waals surface area contributed by atoms with Crippen LogP contribution in [0, 0.1) is 11.8 Å². The van der Waals surface area contributed by atoms with E-state index in [1.165, 1.54) is 11.8 Å². The van der Waals surface area contributed by atoms with Crippen LogP contribution in [0.15, 0.2) is 65.6 Å². The molecule has 0 bridgehead atoms. The summed E-state index contributed by atoms with van der Waals surface area (Å²) in [5, 5.41) is 15.4. The molecular weight excluding hydrogens is 424 g/mol. The number of anilines is 2. The molecule has 6 nitrogen and oxygen atoms in total. The molecule has 1 aliphatic carbocycles. The highest BCUT2D eigenvalue weighted by molar-refractivity contribution is 8.00. The van der Waals surface area contributed by atoms with Gasteiger partial charge in [0, 0.05) is 21.3 Å². The molecule has 0 spiro atoms. The first-order valence-electron chi connectivity index (χ1n) is 9.39. The average Bonchev–Trinajstić information content (AvgIpc) is 2.73. The molecule has 3 N–H and O–H groups in total. The normalized spacial score (nSPS) is 17.9. The summed E-state index contributed by atoms with van der Waals surface area (Å²) in [6, 6.07) is 14.0. The van der Waals surface area contributed by atoms with Crippen LogP contribution >= 0.6 is 23.4 Å². The van der Waals surface area contributed by atoms with E-state index in [2.05, 4.69) is 10.6 Å². The summed E-state index contributed by atoms with van der Waals surface area (Å²) < 4.78 is 0. The van der Waals surface area contributed by atoms with Crippen LogP contribution in [0.2, 0.25) is 5.02 Å². The number of nitrogens with one attached hydrogen (secondary N) is 2. The first-order valence-corrected chi connectivity index (χ1v) is 10.8. The molecule has 0 aromatic heterocycles. The molecule has 3 rings (SSSR count). The van der Waals surface area contributed by atoms with Gasteiger partial charge in [-0.2, -0.15) is 0 Å². The second-order valence-corrected chi connectivity index (χ2v) is 8.34. The molecule has 8 heteroatoms. The lowest BCUT2D eigenvalue weighted by molar-refractivity contribution is -0.146. The number of carbonyl (C=O) groups is 3. The lowest BCUT2D eigenvalue weighted by atomic mass is 9.82. The Bertz CT molecular complexity index is 962.